The maximum Gasteiger partial charge on any atom is 0.335 e. The quantitative estimate of drug-likeness (QED) is 0.612. The summed E-state index contributed by atoms with van der Waals surface area (Å²) in [7, 11) is 0. The van der Waals surface area contributed by atoms with Crippen molar-refractivity contribution in [3.63, 3.8) is 0 Å². The Labute approximate surface area is 152 Å². The second kappa shape index (κ2) is 7.33. The van der Waals surface area contributed by atoms with E-state index in [-0.39, 0.29) is 11.3 Å². The minimum absolute atomic E-state index is 0.127. The predicted octanol–water partition coefficient (Wildman–Crippen LogP) is 2.92. The molecule has 7 nitrogen and oxygen atoms in total. The molecule has 132 valence electrons. The fourth-order valence-corrected chi connectivity index (χ4v) is 3.13. The normalized spacial score (nSPS) is 17.3. The van der Waals surface area contributed by atoms with Gasteiger partial charge in [-0.15, -0.1) is 11.6 Å². The smallest absolute Gasteiger partial charge is 0.335 e. The molecule has 2 N–H and O–H groups in total. The molecule has 0 aliphatic carbocycles. The zero-order valence-corrected chi connectivity index (χ0v) is 14.5. The number of carboxylic acids is 1. The number of ether oxygens (including phenoxy) is 1. The number of H-pyrrole nitrogens is 1. The van der Waals surface area contributed by atoms with Crippen LogP contribution >= 0.6 is 23.2 Å². The number of aromatic carboxylic acids is 1. The topological polar surface area (TPSA) is 96.7 Å². The van der Waals surface area contributed by atoms with Crippen LogP contribution in [0.5, 0.6) is 0 Å². The summed E-state index contributed by atoms with van der Waals surface area (Å²) in [5.74, 6) is -0.633. The molecular weight excluding hydrogens is 369 g/mol. The van der Waals surface area contributed by atoms with Crippen molar-refractivity contribution in [1.82, 2.24) is 9.55 Å². The maximum absolute atomic E-state index is 12.1. The van der Waals surface area contributed by atoms with Gasteiger partial charge in [0.25, 0.3) is 0 Å². The summed E-state index contributed by atoms with van der Waals surface area (Å²) in [5, 5.41) is 9.27. The Morgan fingerprint density at radius 2 is 2.28 bits per heavy atom. The molecule has 1 aliphatic heterocycles. The lowest BCUT2D eigenvalue weighted by Gasteiger charge is -2.16. The average molecular weight is 384 g/mol. The number of aliphatic imine (C=N–C) groups is 1. The van der Waals surface area contributed by atoms with E-state index >= 15 is 0 Å². The second-order valence-electron chi connectivity index (χ2n) is 5.54. The lowest BCUT2D eigenvalue weighted by atomic mass is 10.2. The molecule has 0 spiro atoms. The Morgan fingerprint density at radius 1 is 1.48 bits per heavy atom. The Kier molecular flexibility index (Phi) is 5.15. The largest absolute Gasteiger partial charge is 0.480 e. The first-order valence-electron chi connectivity index (χ1n) is 7.60. The highest BCUT2D eigenvalue weighted by atomic mass is 35.5. The van der Waals surface area contributed by atoms with Crippen LogP contribution in [-0.2, 0) is 11.3 Å². The fraction of sp³-hybridized carbons (Fsp3) is 0.312. The molecule has 0 saturated carbocycles. The molecule has 2 aromatic rings. The summed E-state index contributed by atoms with van der Waals surface area (Å²) in [4.78, 5) is 29.9. The lowest BCUT2D eigenvalue weighted by Crippen LogP contribution is -2.22. The van der Waals surface area contributed by atoms with Crippen molar-refractivity contribution in [2.75, 3.05) is 6.61 Å². The summed E-state index contributed by atoms with van der Waals surface area (Å²) in [6.45, 7) is 0.698. The monoisotopic (exact) mass is 383 g/mol. The first-order valence-corrected chi connectivity index (χ1v) is 8.42. The highest BCUT2D eigenvalue weighted by molar-refractivity contribution is 6.35. The minimum Gasteiger partial charge on any atom is -0.480 e. The molecule has 25 heavy (non-hydrogen) atoms. The number of aryl methyl sites for hydroxylation is 1. The zero-order chi connectivity index (χ0) is 18.0. The van der Waals surface area contributed by atoms with Gasteiger partial charge in [-0.05, 0) is 24.6 Å². The van der Waals surface area contributed by atoms with E-state index in [0.717, 1.165) is 0 Å². The molecule has 9 heteroatoms. The van der Waals surface area contributed by atoms with Gasteiger partial charge in [0.15, 0.2) is 0 Å². The molecule has 0 radical (unpaired) electrons. The molecular formula is C16H15Cl2N3O4. The molecule has 0 fully saturated rings. The molecule has 2 heterocycles. The highest BCUT2D eigenvalue weighted by Crippen LogP contribution is 2.21. The number of aromatic amines is 1. The number of hydrogen-bond donors (Lipinski definition) is 2. The van der Waals surface area contributed by atoms with E-state index in [4.69, 9.17) is 33.0 Å². The minimum atomic E-state index is -1.04. The third-order valence-corrected chi connectivity index (χ3v) is 4.37. The van der Waals surface area contributed by atoms with Crippen molar-refractivity contribution in [2.45, 2.75) is 24.8 Å². The lowest BCUT2D eigenvalue weighted by molar-refractivity contribution is 0.0697. The highest BCUT2D eigenvalue weighted by Gasteiger charge is 2.19. The number of allylic oxidation sites excluding steroid dienone is 1. The third kappa shape index (κ3) is 3.88. The van der Waals surface area contributed by atoms with Gasteiger partial charge >= 0.3 is 11.7 Å². The second-order valence-corrected chi connectivity index (χ2v) is 6.55. The number of imidazole rings is 1. The Balaban J connectivity index is 1.67. The number of carbonyl (C=O) groups is 1. The Hall–Kier alpha value is -2.25. The number of rotatable bonds is 5. The van der Waals surface area contributed by atoms with E-state index in [0.29, 0.717) is 48.0 Å². The first kappa shape index (κ1) is 17.6. The zero-order valence-electron chi connectivity index (χ0n) is 13.0. The van der Waals surface area contributed by atoms with Crippen LogP contribution in [-0.4, -0.2) is 38.5 Å². The number of benzene rings is 1. The third-order valence-electron chi connectivity index (χ3n) is 3.77. The predicted molar refractivity (Wildman–Crippen MR) is 95.7 cm³/mol. The SMILES string of the molecule is O=C(O)c1ccc2[nH]c(=O)n(CCCOC3=NC=C(Cl)CC3Cl)c2c1. The van der Waals surface area contributed by atoms with Crippen molar-refractivity contribution >= 4 is 46.1 Å². The van der Waals surface area contributed by atoms with Crippen molar-refractivity contribution in [3.05, 3.63) is 45.5 Å². The molecule has 1 aromatic carbocycles. The van der Waals surface area contributed by atoms with Gasteiger partial charge in [-0.3, -0.25) is 4.57 Å². The summed E-state index contributed by atoms with van der Waals surface area (Å²) in [5.41, 5.74) is 0.970. The van der Waals surface area contributed by atoms with Crippen molar-refractivity contribution in [1.29, 1.82) is 0 Å². The molecule has 3 rings (SSSR count). The van der Waals surface area contributed by atoms with Crippen LogP contribution in [0.25, 0.3) is 11.0 Å². The summed E-state index contributed by atoms with van der Waals surface area (Å²) in [6, 6.07) is 4.51. The van der Waals surface area contributed by atoms with Crippen molar-refractivity contribution in [3.8, 4) is 0 Å². The van der Waals surface area contributed by atoms with Gasteiger partial charge in [0.05, 0.1) is 23.2 Å². The number of hydrogen-bond acceptors (Lipinski definition) is 4. The Morgan fingerprint density at radius 3 is 3.00 bits per heavy atom. The van der Waals surface area contributed by atoms with E-state index < -0.39 is 11.3 Å². The van der Waals surface area contributed by atoms with Crippen LogP contribution in [0.2, 0.25) is 0 Å². The van der Waals surface area contributed by atoms with Crippen molar-refractivity contribution < 1.29 is 14.6 Å². The average Bonchev–Trinajstić information content (AvgIpc) is 2.88. The number of alkyl halides is 1. The number of nitrogens with zero attached hydrogens (tertiary/aromatic N) is 2. The number of aromatic nitrogens is 2. The van der Waals surface area contributed by atoms with Crippen LogP contribution in [0.15, 0.2) is 39.2 Å². The molecule has 0 saturated heterocycles. The summed E-state index contributed by atoms with van der Waals surface area (Å²) >= 11 is 12.0. The number of fused-ring (bicyclic) bond motifs is 1. The van der Waals surface area contributed by atoms with E-state index in [1.54, 1.807) is 6.07 Å². The Bertz CT molecular complexity index is 929. The molecule has 0 bridgehead atoms. The molecule has 1 atom stereocenters. The number of carboxylic acid groups (broad SMARTS) is 1. The van der Waals surface area contributed by atoms with Gasteiger partial charge in [-0.2, -0.15) is 0 Å². The summed E-state index contributed by atoms with van der Waals surface area (Å²) < 4.78 is 7.04. The molecule has 0 amide bonds. The van der Waals surface area contributed by atoms with Gasteiger partial charge in [0.2, 0.25) is 5.90 Å². The molecule has 1 aliphatic rings. The van der Waals surface area contributed by atoms with E-state index in [1.807, 2.05) is 0 Å². The number of halogens is 2. The van der Waals surface area contributed by atoms with Gasteiger partial charge in [0, 0.05) is 24.2 Å². The first-order chi connectivity index (χ1) is 12.0. The van der Waals surface area contributed by atoms with Crippen LogP contribution in [0, 0.1) is 0 Å². The summed E-state index contributed by atoms with van der Waals surface area (Å²) in [6.07, 6.45) is 2.51. The van der Waals surface area contributed by atoms with E-state index in [9.17, 15) is 9.59 Å². The van der Waals surface area contributed by atoms with Crippen LogP contribution in [0.4, 0.5) is 0 Å². The van der Waals surface area contributed by atoms with E-state index in [2.05, 4.69) is 9.98 Å². The van der Waals surface area contributed by atoms with Crippen LogP contribution in [0.1, 0.15) is 23.2 Å². The maximum atomic E-state index is 12.1. The van der Waals surface area contributed by atoms with Crippen LogP contribution < -0.4 is 5.69 Å². The van der Waals surface area contributed by atoms with Gasteiger partial charge < -0.3 is 14.8 Å². The van der Waals surface area contributed by atoms with E-state index in [1.165, 1.54) is 22.9 Å². The van der Waals surface area contributed by atoms with Crippen LogP contribution in [0.3, 0.4) is 0 Å². The molecule has 1 unspecified atom stereocenters. The van der Waals surface area contributed by atoms with Crippen molar-refractivity contribution in [2.24, 2.45) is 4.99 Å². The number of nitrogens with one attached hydrogen (secondary N) is 1. The fourth-order valence-electron chi connectivity index (χ4n) is 2.56. The van der Waals surface area contributed by atoms with Gasteiger partial charge in [-0.25, -0.2) is 14.6 Å². The van der Waals surface area contributed by atoms with Gasteiger partial charge in [0.1, 0.15) is 5.38 Å². The molecule has 1 aromatic heterocycles. The standard InChI is InChI=1S/C16H15Cl2N3O4/c17-10-7-11(18)14(19-8-10)25-5-1-4-21-13-6-9(15(22)23)2-3-12(13)20-16(21)24/h2-3,6,8,11H,1,4-5,7H2,(H,20,24)(H,22,23). The van der Waals surface area contributed by atoms with Gasteiger partial charge in [-0.1, -0.05) is 11.6 Å².